The van der Waals surface area contributed by atoms with E-state index in [1.54, 1.807) is 12.1 Å². The van der Waals surface area contributed by atoms with Gasteiger partial charge in [0.2, 0.25) is 6.41 Å². The molecule has 3 atom stereocenters. The molecule has 0 radical (unpaired) electrons. The van der Waals surface area contributed by atoms with Crippen molar-refractivity contribution in [3.63, 3.8) is 0 Å². The maximum Gasteiger partial charge on any atom is 0.210 e. The number of amides is 1. The van der Waals surface area contributed by atoms with Gasteiger partial charge in [0.05, 0.1) is 0 Å². The molecule has 0 saturated carbocycles. The second-order valence-corrected chi connectivity index (χ2v) is 7.91. The fourth-order valence-corrected chi connectivity index (χ4v) is 5.15. The van der Waals surface area contributed by atoms with Crippen LogP contribution in [0.2, 0.25) is 0 Å². The molecule has 1 amide bonds. The monoisotopic (exact) mass is 330 g/mol. The number of carbonyl (C=O) groups excluding carboxylic acids is 1. The van der Waals surface area contributed by atoms with Crippen LogP contribution in [0.3, 0.4) is 0 Å². The van der Waals surface area contributed by atoms with Crippen LogP contribution in [0.4, 0.5) is 4.39 Å². The van der Waals surface area contributed by atoms with Crippen molar-refractivity contribution in [2.75, 3.05) is 19.6 Å². The summed E-state index contributed by atoms with van der Waals surface area (Å²) in [7, 11) is 0. The number of carbonyl (C=O) groups is 1. The Bertz CT molecular complexity index is 568. The second kappa shape index (κ2) is 6.83. The Balaban J connectivity index is 1.45. The second-order valence-electron chi connectivity index (χ2n) is 7.91. The lowest BCUT2D eigenvalue weighted by Gasteiger charge is -2.52. The first-order valence-corrected chi connectivity index (χ1v) is 9.42. The van der Waals surface area contributed by atoms with Crippen LogP contribution in [-0.4, -0.2) is 47.9 Å². The molecule has 0 spiro atoms. The van der Waals surface area contributed by atoms with E-state index in [2.05, 4.69) is 9.80 Å². The van der Waals surface area contributed by atoms with Crippen LogP contribution < -0.4 is 0 Å². The van der Waals surface area contributed by atoms with E-state index in [0.29, 0.717) is 18.0 Å². The van der Waals surface area contributed by atoms with Crippen molar-refractivity contribution >= 4 is 6.41 Å². The van der Waals surface area contributed by atoms with Crippen molar-refractivity contribution in [3.8, 4) is 0 Å². The highest BCUT2D eigenvalue weighted by Gasteiger charge is 2.42. The summed E-state index contributed by atoms with van der Waals surface area (Å²) < 4.78 is 13.1. The zero-order valence-electron chi connectivity index (χ0n) is 14.2. The lowest BCUT2D eigenvalue weighted by atomic mass is 9.76. The largest absolute Gasteiger partial charge is 0.341 e. The Hall–Kier alpha value is -1.42. The van der Waals surface area contributed by atoms with E-state index in [1.807, 2.05) is 12.1 Å². The minimum Gasteiger partial charge on any atom is -0.341 e. The van der Waals surface area contributed by atoms with Crippen LogP contribution in [-0.2, 0) is 11.2 Å². The van der Waals surface area contributed by atoms with Gasteiger partial charge in [-0.05, 0) is 81.1 Å². The van der Waals surface area contributed by atoms with Gasteiger partial charge >= 0.3 is 0 Å². The maximum atomic E-state index is 13.1. The van der Waals surface area contributed by atoms with E-state index in [-0.39, 0.29) is 5.82 Å². The van der Waals surface area contributed by atoms with E-state index in [9.17, 15) is 9.18 Å². The number of piperidine rings is 4. The van der Waals surface area contributed by atoms with Gasteiger partial charge < -0.3 is 4.90 Å². The van der Waals surface area contributed by atoms with Gasteiger partial charge in [-0.25, -0.2) is 4.39 Å². The molecule has 0 N–H and O–H groups in total. The van der Waals surface area contributed by atoms with Crippen LogP contribution in [0.15, 0.2) is 24.3 Å². The Morgan fingerprint density at radius 3 is 2.38 bits per heavy atom. The topological polar surface area (TPSA) is 23.6 Å². The first kappa shape index (κ1) is 16.1. The molecule has 5 rings (SSSR count). The van der Waals surface area contributed by atoms with Gasteiger partial charge in [-0.3, -0.25) is 9.69 Å². The van der Waals surface area contributed by atoms with Crippen LogP contribution in [0.1, 0.15) is 37.7 Å². The van der Waals surface area contributed by atoms with Crippen molar-refractivity contribution in [2.45, 2.75) is 50.6 Å². The molecular formula is C20H27FN2O. The van der Waals surface area contributed by atoms with E-state index < -0.39 is 0 Å². The molecule has 24 heavy (non-hydrogen) atoms. The number of rotatable bonds is 4. The minimum absolute atomic E-state index is 0.168. The molecule has 1 aromatic rings. The quantitative estimate of drug-likeness (QED) is 0.792. The van der Waals surface area contributed by atoms with Crippen LogP contribution >= 0.6 is 0 Å². The summed E-state index contributed by atoms with van der Waals surface area (Å²) in [5, 5.41) is 0. The number of nitrogens with zero attached hydrogens (tertiary/aromatic N) is 2. The SMILES string of the molecule is O=CN1CCC(Cc2ccc(F)cc2)CC1C1CC2CCN1CC2. The molecule has 3 nitrogen and oxygen atoms in total. The van der Waals surface area contributed by atoms with Crippen LogP contribution in [0, 0.1) is 17.7 Å². The molecule has 2 bridgehead atoms. The van der Waals surface area contributed by atoms with Gasteiger partial charge in [-0.2, -0.15) is 0 Å². The van der Waals surface area contributed by atoms with Gasteiger partial charge in [-0.15, -0.1) is 0 Å². The predicted molar refractivity (Wildman–Crippen MR) is 92.1 cm³/mol. The zero-order chi connectivity index (χ0) is 16.5. The number of hydrogen-bond acceptors (Lipinski definition) is 2. The number of hydrogen-bond donors (Lipinski definition) is 0. The molecule has 4 fully saturated rings. The van der Waals surface area contributed by atoms with E-state index in [1.165, 1.54) is 37.9 Å². The van der Waals surface area contributed by atoms with Crippen molar-refractivity contribution in [3.05, 3.63) is 35.6 Å². The van der Waals surface area contributed by atoms with Crippen molar-refractivity contribution in [2.24, 2.45) is 11.8 Å². The van der Waals surface area contributed by atoms with E-state index in [4.69, 9.17) is 0 Å². The minimum atomic E-state index is -0.168. The lowest BCUT2D eigenvalue weighted by Crippen LogP contribution is -2.60. The number of likely N-dealkylation sites (tertiary alicyclic amines) is 1. The van der Waals surface area contributed by atoms with Crippen molar-refractivity contribution in [1.29, 1.82) is 0 Å². The summed E-state index contributed by atoms with van der Waals surface area (Å²) in [6, 6.07) is 7.84. The fraction of sp³-hybridized carbons (Fsp3) is 0.650. The molecule has 0 aliphatic carbocycles. The molecule has 4 saturated heterocycles. The Morgan fingerprint density at radius 1 is 1.00 bits per heavy atom. The van der Waals surface area contributed by atoms with Gasteiger partial charge in [0.1, 0.15) is 5.82 Å². The Labute approximate surface area is 143 Å². The van der Waals surface area contributed by atoms with Gasteiger partial charge in [0.15, 0.2) is 0 Å². The summed E-state index contributed by atoms with van der Waals surface area (Å²) in [5.74, 6) is 1.29. The van der Waals surface area contributed by atoms with E-state index >= 15 is 0 Å². The molecular weight excluding hydrogens is 303 g/mol. The highest BCUT2D eigenvalue weighted by molar-refractivity contribution is 5.48. The lowest BCUT2D eigenvalue weighted by molar-refractivity contribution is -0.126. The first-order chi connectivity index (χ1) is 11.7. The number of benzene rings is 1. The fourth-order valence-electron chi connectivity index (χ4n) is 5.15. The average molecular weight is 330 g/mol. The van der Waals surface area contributed by atoms with Gasteiger partial charge in [0, 0.05) is 18.6 Å². The summed E-state index contributed by atoms with van der Waals surface area (Å²) in [6.45, 7) is 3.29. The Kier molecular flexibility index (Phi) is 4.57. The third-order valence-corrected chi connectivity index (χ3v) is 6.51. The summed E-state index contributed by atoms with van der Waals surface area (Å²) in [6.07, 6.45) is 8.15. The van der Waals surface area contributed by atoms with Crippen molar-refractivity contribution < 1.29 is 9.18 Å². The average Bonchev–Trinajstić information content (AvgIpc) is 2.64. The van der Waals surface area contributed by atoms with Crippen LogP contribution in [0.25, 0.3) is 0 Å². The molecule has 130 valence electrons. The highest BCUT2D eigenvalue weighted by atomic mass is 19.1. The normalized spacial score (nSPS) is 35.9. The Morgan fingerprint density at radius 2 is 1.75 bits per heavy atom. The third-order valence-electron chi connectivity index (χ3n) is 6.51. The summed E-state index contributed by atoms with van der Waals surface area (Å²) >= 11 is 0. The molecule has 4 aliphatic rings. The molecule has 4 heterocycles. The molecule has 3 unspecified atom stereocenters. The number of halogens is 1. The molecule has 4 heteroatoms. The first-order valence-electron chi connectivity index (χ1n) is 9.42. The van der Waals surface area contributed by atoms with Crippen molar-refractivity contribution in [1.82, 2.24) is 9.80 Å². The number of fused-ring (bicyclic) bond motifs is 3. The smallest absolute Gasteiger partial charge is 0.210 e. The van der Waals surface area contributed by atoms with Gasteiger partial charge in [-0.1, -0.05) is 12.1 Å². The highest BCUT2D eigenvalue weighted by Crippen LogP contribution is 2.38. The summed E-state index contributed by atoms with van der Waals surface area (Å²) in [4.78, 5) is 16.3. The predicted octanol–water partition coefficient (Wildman–Crippen LogP) is 3.09. The third kappa shape index (κ3) is 3.21. The molecule has 4 aliphatic heterocycles. The molecule has 1 aromatic carbocycles. The zero-order valence-corrected chi connectivity index (χ0v) is 14.2. The van der Waals surface area contributed by atoms with Gasteiger partial charge in [0.25, 0.3) is 0 Å². The van der Waals surface area contributed by atoms with Crippen LogP contribution in [0.5, 0.6) is 0 Å². The maximum absolute atomic E-state index is 13.1. The standard InChI is InChI=1S/C20H27FN2O/c21-18-3-1-15(2-4-18)11-17-7-10-23(14-24)20(13-17)19-12-16-5-8-22(19)9-6-16/h1-4,14,16-17,19-20H,5-13H2. The summed E-state index contributed by atoms with van der Waals surface area (Å²) in [5.41, 5.74) is 1.21. The van der Waals surface area contributed by atoms with E-state index in [0.717, 1.165) is 38.1 Å². The molecule has 0 aromatic heterocycles.